The van der Waals surface area contributed by atoms with Gasteiger partial charge in [0.05, 0.1) is 0 Å². The van der Waals surface area contributed by atoms with Crippen molar-refractivity contribution in [3.8, 4) is 0 Å². The first kappa shape index (κ1) is 91.6. The van der Waals surface area contributed by atoms with Gasteiger partial charge in [0.25, 0.3) is 0 Å². The molecule has 92 heavy (non-hydrogen) atoms. The minimum absolute atomic E-state index is 0.231. The fourth-order valence-electron chi connectivity index (χ4n) is 19.2. The highest BCUT2D eigenvalue weighted by molar-refractivity contribution is 4.99. The van der Waals surface area contributed by atoms with E-state index in [0.29, 0.717) is 45.3 Å². The van der Waals surface area contributed by atoms with E-state index in [1.807, 2.05) is 13.8 Å². The molecule has 0 amide bonds. The zero-order valence-electron chi connectivity index (χ0n) is 67.2. The first-order valence-electron chi connectivity index (χ1n) is 40.6. The fraction of sp³-hybridized carbons (Fsp3) is 1.00. The summed E-state index contributed by atoms with van der Waals surface area (Å²) in [4.78, 5) is 0. The molecule has 2 atom stereocenters. The van der Waals surface area contributed by atoms with Crippen LogP contribution in [-0.2, 0) is 0 Å². The van der Waals surface area contributed by atoms with Gasteiger partial charge in [0, 0.05) is 12.8 Å². The van der Waals surface area contributed by atoms with Crippen LogP contribution in [0.3, 0.4) is 0 Å². The Balaban J connectivity index is 0.00000103. The van der Waals surface area contributed by atoms with Gasteiger partial charge in [0.2, 0.25) is 0 Å². The third-order valence-corrected chi connectivity index (χ3v) is 24.5. The molecule has 0 heterocycles. The number of alkyl halides is 6. The maximum absolute atomic E-state index is 11.5. The maximum atomic E-state index is 11.5. The quantitative estimate of drug-likeness (QED) is 0.233. The average Bonchev–Trinajstić information content (AvgIpc) is 0.916. The number of halogens is 6. The van der Waals surface area contributed by atoms with Crippen molar-refractivity contribution in [1.82, 2.24) is 0 Å². The Labute approximate surface area is 575 Å². The summed E-state index contributed by atoms with van der Waals surface area (Å²) < 4.78 is 69.0. The van der Waals surface area contributed by atoms with Crippen LogP contribution in [0.4, 0.5) is 26.3 Å². The minimum atomic E-state index is -3.98. The van der Waals surface area contributed by atoms with Crippen molar-refractivity contribution >= 4 is 0 Å². The molecule has 0 aromatic rings. The molecule has 0 aliphatic heterocycles. The van der Waals surface area contributed by atoms with Crippen molar-refractivity contribution in [3.05, 3.63) is 0 Å². The Kier molecular flexibility index (Phi) is 43.1. The van der Waals surface area contributed by atoms with Gasteiger partial charge in [-0.3, -0.25) is 0 Å². The predicted octanol–water partition coefficient (Wildman–Crippen LogP) is 32.6. The monoisotopic (exact) mass is 1320 g/mol. The van der Waals surface area contributed by atoms with Gasteiger partial charge >= 0.3 is 12.4 Å². The molecule has 9 aliphatic rings. The Morgan fingerprint density at radius 1 is 0.326 bits per heavy atom. The van der Waals surface area contributed by atoms with E-state index in [0.717, 1.165) is 45.8 Å². The van der Waals surface area contributed by atoms with E-state index in [4.69, 9.17) is 0 Å². The van der Waals surface area contributed by atoms with Crippen molar-refractivity contribution in [1.29, 1.82) is 0 Å². The molecular formula is C86H168F6. The molecule has 0 bridgehead atoms. The molecule has 9 rings (SSSR count). The molecular weight excluding hydrogens is 1150 g/mol. The van der Waals surface area contributed by atoms with E-state index >= 15 is 0 Å². The van der Waals surface area contributed by atoms with Crippen LogP contribution in [0.15, 0.2) is 0 Å². The smallest absolute Gasteiger partial charge is 0.171 e. The van der Waals surface area contributed by atoms with Crippen LogP contribution >= 0.6 is 0 Å². The molecule has 9 saturated carbocycles. The lowest BCUT2D eigenvalue weighted by molar-refractivity contribution is -0.144. The van der Waals surface area contributed by atoms with E-state index in [1.54, 1.807) is 79.1 Å². The Bertz CT molecular complexity index is 1690. The fourth-order valence-corrected chi connectivity index (χ4v) is 19.2. The number of unbranched alkanes of at least 4 members (excludes halogenated alkanes) is 1. The van der Waals surface area contributed by atoms with Gasteiger partial charge in [-0.25, -0.2) is 0 Å². The zero-order chi connectivity index (χ0) is 70.9. The molecule has 0 N–H and O–H groups in total. The van der Waals surface area contributed by atoms with Crippen LogP contribution in [0.1, 0.15) is 449 Å². The minimum Gasteiger partial charge on any atom is -0.171 e. The summed E-state index contributed by atoms with van der Waals surface area (Å²) in [6.07, 6.45) is 49.9. The highest BCUT2D eigenvalue weighted by Crippen LogP contribution is 2.60. The molecule has 0 aromatic carbocycles. The first-order valence-corrected chi connectivity index (χ1v) is 40.6. The highest BCUT2D eigenvalue weighted by atomic mass is 19.4. The van der Waals surface area contributed by atoms with Crippen LogP contribution in [0.25, 0.3) is 0 Å². The molecule has 9 fully saturated rings. The third-order valence-electron chi connectivity index (χ3n) is 24.5. The number of rotatable bonds is 6. The molecule has 0 aromatic heterocycles. The SMILES string of the molecule is CC.CC1CCC2(CC1)CC(C)(C)CC(C)(C)C2.CC1CCC2(CC1)CCC(C)(C)CC2.CC1CCC2(CCCC2)CC1.CC1CCC2(CCCCC2)CC1.CCC.CCC1CC(C)(C)CC(C)(C)C1.CCCC.CC[C@H](C)CC(F)(F)F.CC[C@H](C)CC(F)(F)F. The highest BCUT2D eigenvalue weighted by Gasteiger charge is 2.48. The van der Waals surface area contributed by atoms with Crippen molar-refractivity contribution in [2.75, 3.05) is 0 Å². The van der Waals surface area contributed by atoms with Gasteiger partial charge in [-0.2, -0.15) is 26.3 Å². The number of hydrogen-bond donors (Lipinski definition) is 0. The van der Waals surface area contributed by atoms with Crippen molar-refractivity contribution in [2.45, 2.75) is 462 Å². The Hall–Kier alpha value is -0.420. The summed E-state index contributed by atoms with van der Waals surface area (Å²) in [7, 11) is 0. The van der Waals surface area contributed by atoms with E-state index in [9.17, 15) is 26.3 Å². The van der Waals surface area contributed by atoms with Gasteiger partial charge in [-0.05, 0) is 231 Å². The van der Waals surface area contributed by atoms with E-state index in [1.165, 1.54) is 199 Å². The topological polar surface area (TPSA) is 0 Å². The van der Waals surface area contributed by atoms with Crippen LogP contribution in [0.5, 0.6) is 0 Å². The summed E-state index contributed by atoms with van der Waals surface area (Å²) in [5.74, 6) is 4.56. The summed E-state index contributed by atoms with van der Waals surface area (Å²) in [5, 5.41) is 0. The first-order chi connectivity index (χ1) is 42.4. The Morgan fingerprint density at radius 2 is 0.576 bits per heavy atom. The lowest BCUT2D eigenvalue weighted by Crippen LogP contribution is -2.43. The summed E-state index contributed by atoms with van der Waals surface area (Å²) in [6.45, 7) is 56.0. The third kappa shape index (κ3) is 40.6. The maximum Gasteiger partial charge on any atom is 0.389 e. The van der Waals surface area contributed by atoms with Crippen LogP contribution < -0.4 is 0 Å². The normalized spacial score (nSPS) is 25.7. The largest absolute Gasteiger partial charge is 0.389 e. The average molecular weight is 1320 g/mol. The molecule has 4 spiro atoms. The van der Waals surface area contributed by atoms with Gasteiger partial charge in [-0.1, -0.05) is 295 Å². The van der Waals surface area contributed by atoms with E-state index in [-0.39, 0.29) is 11.8 Å². The second-order valence-corrected chi connectivity index (χ2v) is 38.1. The molecule has 0 nitrogen and oxygen atoms in total. The summed E-state index contributed by atoms with van der Waals surface area (Å²) in [5.41, 5.74) is 6.15. The zero-order valence-corrected chi connectivity index (χ0v) is 67.2. The van der Waals surface area contributed by atoms with Gasteiger partial charge in [-0.15, -0.1) is 0 Å². The van der Waals surface area contributed by atoms with Gasteiger partial charge < -0.3 is 0 Å². The second kappa shape index (κ2) is 43.3. The second-order valence-electron chi connectivity index (χ2n) is 38.1. The molecule has 0 unspecified atom stereocenters. The standard InChI is InChI=1S/C16H30.C14H26.C12H22.C12H24.C11H20.2C6H11F3.C4H10.C3H8.C2H6/c1-13-6-8-16(9-7-13)11-14(2,3)10-15(4,5)12-16;1-12-4-6-14(7-5-12)10-8-13(2,3)9-11-14;1-11-5-9-12(10-6-11)7-3-2-4-8-12;1-6-10-7-11(2,3)9-12(4,5)8-10;1-10-4-8-11(9-5-10)6-2-3-7-11;2*1-3-5(2)4-6(7,8)9;1-3-4-2;1-3-2;1-2/h13H,6-12H2,1-5H3;12H,4-11H2,1-3H3;11H,2-10H2,1H3;10H,6-9H2,1-5H3;10H,2-9H2,1H3;2*5H,3-4H2,1-2H3;3-4H2,1-2H3;3H2,1-2H3;1-2H3/t;;;;;2*5-;;;/m.....00.../s1. The summed E-state index contributed by atoms with van der Waals surface area (Å²) >= 11 is 0. The Morgan fingerprint density at radius 3 is 0.815 bits per heavy atom. The van der Waals surface area contributed by atoms with Gasteiger partial charge in [0.1, 0.15) is 0 Å². The molecule has 6 heteroatoms. The molecule has 0 saturated heterocycles. The van der Waals surface area contributed by atoms with Crippen LogP contribution in [0.2, 0.25) is 0 Å². The van der Waals surface area contributed by atoms with Crippen LogP contribution in [-0.4, -0.2) is 12.4 Å². The van der Waals surface area contributed by atoms with E-state index < -0.39 is 25.2 Å². The van der Waals surface area contributed by atoms with Crippen molar-refractivity contribution in [3.63, 3.8) is 0 Å². The van der Waals surface area contributed by atoms with Crippen molar-refractivity contribution in [2.24, 2.45) is 90.2 Å². The summed E-state index contributed by atoms with van der Waals surface area (Å²) in [6, 6.07) is 0. The lowest BCUT2D eigenvalue weighted by atomic mass is 9.51. The van der Waals surface area contributed by atoms with Crippen molar-refractivity contribution < 1.29 is 26.3 Å². The molecule has 0 radical (unpaired) electrons. The lowest BCUT2D eigenvalue weighted by Gasteiger charge is -2.54. The molecule has 9 aliphatic carbocycles. The molecule has 554 valence electrons. The van der Waals surface area contributed by atoms with Crippen LogP contribution in [0, 0.1) is 90.2 Å². The van der Waals surface area contributed by atoms with E-state index in [2.05, 4.69) is 132 Å². The van der Waals surface area contributed by atoms with Gasteiger partial charge in [0.15, 0.2) is 0 Å². The predicted molar refractivity (Wildman–Crippen MR) is 399 cm³/mol. The number of hydrogen-bond acceptors (Lipinski definition) is 0.